The van der Waals surface area contributed by atoms with E-state index in [0.717, 1.165) is 0 Å². The predicted molar refractivity (Wildman–Crippen MR) is 138 cm³/mol. The molecule has 0 aromatic carbocycles. The van der Waals surface area contributed by atoms with E-state index in [9.17, 15) is 0 Å². The van der Waals surface area contributed by atoms with Gasteiger partial charge in [-0.3, -0.25) is 20.3 Å². The summed E-state index contributed by atoms with van der Waals surface area (Å²) >= 11 is 0. The Balaban J connectivity index is 3.97. The molecule has 0 saturated carbocycles. The van der Waals surface area contributed by atoms with E-state index in [1.807, 2.05) is 0 Å². The van der Waals surface area contributed by atoms with Crippen LogP contribution in [0.25, 0.3) is 0 Å². The summed E-state index contributed by atoms with van der Waals surface area (Å²) in [5.41, 5.74) is 0. The Kier molecular flexibility index (Phi) is 11.0. The maximum atomic E-state index is 5.41. The molecule has 0 aromatic heterocycles. The average Bonchev–Trinajstić information content (AvgIpc) is 2.39. The first-order valence-electron chi connectivity index (χ1n) is 11.2. The van der Waals surface area contributed by atoms with Gasteiger partial charge in [-0.1, -0.05) is 0 Å². The first-order valence-corrected chi connectivity index (χ1v) is 16.3. The van der Waals surface area contributed by atoms with E-state index in [1.165, 1.54) is 0 Å². The zero-order valence-corrected chi connectivity index (χ0v) is 23.8. The third kappa shape index (κ3) is 9.13. The molecule has 0 radical (unpaired) electrons. The summed E-state index contributed by atoms with van der Waals surface area (Å²) in [6.45, 7) is 25.8. The summed E-state index contributed by atoms with van der Waals surface area (Å²) < 4.78 is 16.0. The number of nitrogens with zero attached hydrogens (tertiary/aromatic N) is 3. The van der Waals surface area contributed by atoms with Gasteiger partial charge < -0.3 is 0 Å². The van der Waals surface area contributed by atoms with Gasteiger partial charge in [-0.15, -0.1) is 0 Å². The molecule has 0 fully saturated rings. The van der Waals surface area contributed by atoms with Crippen LogP contribution in [0.3, 0.4) is 0 Å². The van der Waals surface area contributed by atoms with E-state index in [2.05, 4.69) is 113 Å². The fraction of sp³-hybridized carbons (Fsp3) is 1.00. The molecule has 0 amide bonds. The molecule has 180 valence electrons. The van der Waals surface area contributed by atoms with Gasteiger partial charge in [0.15, 0.2) is 15.0 Å². The number of rotatable bonds is 11. The Morgan fingerprint density at radius 3 is 1.07 bits per heavy atom. The highest BCUT2D eigenvalue weighted by Crippen LogP contribution is 2.70. The van der Waals surface area contributed by atoms with Crippen molar-refractivity contribution in [1.82, 2.24) is 30.3 Å². The largest absolute Gasteiger partial charge is 0.257 e. The van der Waals surface area contributed by atoms with E-state index < -0.39 is 22.5 Å². The Hall–Kier alpha value is 0.450. The van der Waals surface area contributed by atoms with Gasteiger partial charge >= 0.3 is 0 Å². The summed E-state index contributed by atoms with van der Waals surface area (Å²) in [6.07, 6.45) is 0. The van der Waals surface area contributed by atoms with Gasteiger partial charge in [-0.05, 0) is 83.1 Å². The van der Waals surface area contributed by atoms with Crippen LogP contribution in [0.5, 0.6) is 0 Å². The molecule has 1 rings (SSSR count). The van der Waals surface area contributed by atoms with Crippen molar-refractivity contribution < 1.29 is 0 Å². The zero-order valence-electron chi connectivity index (χ0n) is 21.1. The molecule has 1 heterocycles. The monoisotopic (exact) mass is 483 g/mol. The van der Waals surface area contributed by atoms with Gasteiger partial charge in [-0.2, -0.15) is 13.9 Å². The van der Waals surface area contributed by atoms with Crippen molar-refractivity contribution in [2.24, 2.45) is 13.8 Å². The first kappa shape index (κ1) is 28.5. The molecule has 0 atom stereocenters. The van der Waals surface area contributed by atoms with Crippen molar-refractivity contribution in [2.75, 3.05) is 0 Å². The van der Waals surface area contributed by atoms with E-state index in [1.54, 1.807) is 0 Å². The van der Waals surface area contributed by atoms with E-state index in [-0.39, 0.29) is 36.3 Å². The second-order valence-electron chi connectivity index (χ2n) is 9.75. The SMILES string of the molecule is CC(C)N=P1(NC(C)C)N=P(NC(C)C)(NC(C)C)NP(NC(C)C)(NC(C)C)=N1. The molecular weight excluding hydrogens is 435 g/mol. The molecule has 0 bridgehead atoms. The van der Waals surface area contributed by atoms with Crippen LogP contribution >= 0.6 is 22.5 Å². The Bertz CT molecular complexity index is 638. The Morgan fingerprint density at radius 2 is 0.833 bits per heavy atom. The highest BCUT2D eigenvalue weighted by Gasteiger charge is 2.41. The Morgan fingerprint density at radius 1 is 0.533 bits per heavy atom. The lowest BCUT2D eigenvalue weighted by molar-refractivity contribution is 0.682. The van der Waals surface area contributed by atoms with Crippen molar-refractivity contribution in [3.63, 3.8) is 0 Å². The molecule has 0 spiro atoms. The minimum absolute atomic E-state index is 0.121. The van der Waals surface area contributed by atoms with Crippen LogP contribution in [0.1, 0.15) is 83.1 Å². The summed E-state index contributed by atoms with van der Waals surface area (Å²) in [7, 11) is -7.30. The van der Waals surface area contributed by atoms with Gasteiger partial charge in [0.2, 0.25) is 0 Å². The summed E-state index contributed by atoms with van der Waals surface area (Å²) in [4.78, 5) is 3.88. The molecule has 12 heteroatoms. The zero-order chi connectivity index (χ0) is 23.3. The van der Waals surface area contributed by atoms with E-state index in [0.29, 0.717) is 0 Å². The van der Waals surface area contributed by atoms with Crippen molar-refractivity contribution in [2.45, 2.75) is 119 Å². The first-order chi connectivity index (χ1) is 13.6. The van der Waals surface area contributed by atoms with E-state index in [4.69, 9.17) is 13.8 Å². The quantitative estimate of drug-likeness (QED) is 0.207. The molecule has 0 aliphatic carbocycles. The molecule has 1 aliphatic rings. The van der Waals surface area contributed by atoms with Crippen molar-refractivity contribution in [1.29, 1.82) is 0 Å². The van der Waals surface area contributed by atoms with Crippen LogP contribution in [0.4, 0.5) is 0 Å². The highest BCUT2D eigenvalue weighted by atomic mass is 31.3. The fourth-order valence-electron chi connectivity index (χ4n) is 3.23. The van der Waals surface area contributed by atoms with Crippen molar-refractivity contribution in [3.8, 4) is 0 Å². The standard InChI is InChI=1S/C18H48N9P3/c1-13(2)19-28(20-14(3)4)25-29(21-15(5)6,22-16(7)8)27-30(26-28,23-17(9)10)24-18(11)12/h13-23,25H,1-12H3. The third-order valence-corrected chi connectivity index (χ3v) is 15.1. The molecule has 0 aromatic rings. The lowest BCUT2D eigenvalue weighted by Crippen LogP contribution is -2.45. The highest BCUT2D eigenvalue weighted by molar-refractivity contribution is 7.86. The molecule has 6 N–H and O–H groups in total. The molecule has 0 saturated heterocycles. The third-order valence-electron chi connectivity index (χ3n) is 3.41. The number of nitrogens with one attached hydrogen (secondary N) is 6. The molecule has 9 nitrogen and oxygen atoms in total. The van der Waals surface area contributed by atoms with Gasteiger partial charge in [0.05, 0.1) is 0 Å². The minimum atomic E-state index is -2.56. The maximum Gasteiger partial charge on any atom is 0.257 e. The van der Waals surface area contributed by atoms with Gasteiger partial charge in [0.25, 0.3) is 7.51 Å². The van der Waals surface area contributed by atoms with Gasteiger partial charge in [0, 0.05) is 36.3 Å². The van der Waals surface area contributed by atoms with Crippen LogP contribution in [0.15, 0.2) is 13.8 Å². The molecule has 0 unspecified atom stereocenters. The van der Waals surface area contributed by atoms with Crippen LogP contribution in [-0.4, -0.2) is 36.3 Å². The molecule has 1 aliphatic heterocycles. The topological polar surface area (TPSA) is 109 Å². The van der Waals surface area contributed by atoms with Gasteiger partial charge in [-0.25, -0.2) is 9.83 Å². The molecular formula is C18H48N9P3. The fourth-order valence-corrected chi connectivity index (χ4v) is 16.5. The normalized spacial score (nSPS) is 20.3. The Labute approximate surface area is 186 Å². The smallest absolute Gasteiger partial charge is 0.257 e. The number of hydrogen-bond donors (Lipinski definition) is 6. The number of hydrogen-bond acceptors (Lipinski definition) is 6. The second-order valence-corrected chi connectivity index (χ2v) is 17.2. The average molecular weight is 484 g/mol. The summed E-state index contributed by atoms with van der Waals surface area (Å²) in [5, 5.41) is 18.8. The lowest BCUT2D eigenvalue weighted by Gasteiger charge is -2.44. The lowest BCUT2D eigenvalue weighted by atomic mass is 10.4. The van der Waals surface area contributed by atoms with Crippen LogP contribution in [0.2, 0.25) is 0 Å². The minimum Gasteiger partial charge on any atom is -0.257 e. The van der Waals surface area contributed by atoms with Crippen molar-refractivity contribution in [3.05, 3.63) is 0 Å². The van der Waals surface area contributed by atoms with Gasteiger partial charge in [0.1, 0.15) is 0 Å². The molecule has 30 heavy (non-hydrogen) atoms. The second kappa shape index (κ2) is 11.5. The van der Waals surface area contributed by atoms with E-state index >= 15 is 0 Å². The maximum absolute atomic E-state index is 5.41. The predicted octanol–water partition coefficient (Wildman–Crippen LogP) is 5.83. The van der Waals surface area contributed by atoms with Crippen LogP contribution < -0.4 is 30.3 Å². The van der Waals surface area contributed by atoms with Crippen LogP contribution in [0, 0.1) is 0 Å². The summed E-state index contributed by atoms with van der Waals surface area (Å²) in [5.74, 6) is 0. The summed E-state index contributed by atoms with van der Waals surface area (Å²) in [6, 6.07) is 1.33. The van der Waals surface area contributed by atoms with Crippen LogP contribution in [-0.2, 0) is 0 Å². The van der Waals surface area contributed by atoms with Crippen molar-refractivity contribution >= 4 is 22.5 Å².